The van der Waals surface area contributed by atoms with Gasteiger partial charge in [0.1, 0.15) is 12.4 Å². The molecular formula is C19H19N5O4. The lowest BCUT2D eigenvalue weighted by atomic mass is 10.1. The van der Waals surface area contributed by atoms with Gasteiger partial charge < -0.3 is 10.4 Å². The number of rotatable bonds is 5. The van der Waals surface area contributed by atoms with E-state index < -0.39 is 17.4 Å². The third kappa shape index (κ3) is 3.26. The maximum Gasteiger partial charge on any atom is 0.357 e. The summed E-state index contributed by atoms with van der Waals surface area (Å²) in [7, 11) is 0. The molecule has 1 aliphatic rings. The summed E-state index contributed by atoms with van der Waals surface area (Å²) in [6, 6.07) is 8.28. The van der Waals surface area contributed by atoms with Gasteiger partial charge in [-0.3, -0.25) is 9.59 Å². The highest BCUT2D eigenvalue weighted by Gasteiger charge is 2.21. The summed E-state index contributed by atoms with van der Waals surface area (Å²) in [5, 5.41) is 20.8. The van der Waals surface area contributed by atoms with Gasteiger partial charge >= 0.3 is 5.97 Å². The first kappa shape index (κ1) is 17.9. The Balaban J connectivity index is 1.61. The maximum atomic E-state index is 12.6. The number of nitrogens with one attached hydrogen (secondary N) is 1. The molecule has 2 N–H and O–H groups in total. The third-order valence-corrected chi connectivity index (χ3v) is 4.97. The predicted octanol–water partition coefficient (Wildman–Crippen LogP) is 2.04. The molecule has 1 amide bonds. The summed E-state index contributed by atoms with van der Waals surface area (Å²) in [6.45, 7) is -0.389. The second-order valence-electron chi connectivity index (χ2n) is 6.81. The molecular weight excluding hydrogens is 362 g/mol. The summed E-state index contributed by atoms with van der Waals surface area (Å²) in [4.78, 5) is 36.7. The van der Waals surface area contributed by atoms with Crippen LogP contribution in [0.1, 0.15) is 42.2 Å². The van der Waals surface area contributed by atoms with Gasteiger partial charge in [0, 0.05) is 11.5 Å². The Hall–Kier alpha value is -3.49. The molecule has 0 saturated heterocycles. The van der Waals surface area contributed by atoms with Crippen LogP contribution in [0.4, 0.5) is 5.82 Å². The number of carbonyl (C=O) groups is 2. The number of aromatic nitrogens is 4. The number of carboxylic acid groups (broad SMARTS) is 1. The quantitative estimate of drug-likeness (QED) is 0.698. The van der Waals surface area contributed by atoms with Gasteiger partial charge in [0.25, 0.3) is 5.56 Å². The van der Waals surface area contributed by atoms with Crippen molar-refractivity contribution >= 4 is 28.5 Å². The van der Waals surface area contributed by atoms with E-state index in [1.54, 1.807) is 29.1 Å². The van der Waals surface area contributed by atoms with Gasteiger partial charge in [-0.25, -0.2) is 14.2 Å². The largest absolute Gasteiger partial charge is 0.476 e. The monoisotopic (exact) mass is 381 g/mol. The van der Waals surface area contributed by atoms with Crippen molar-refractivity contribution in [1.82, 2.24) is 19.6 Å². The summed E-state index contributed by atoms with van der Waals surface area (Å²) in [5.74, 6) is -1.17. The topological polar surface area (TPSA) is 119 Å². The van der Waals surface area contributed by atoms with Gasteiger partial charge in [-0.2, -0.15) is 10.2 Å². The number of hydrogen-bond acceptors (Lipinski definition) is 5. The SMILES string of the molecule is O=C(Cn1nc(C(=O)O)c2ccccc2c1=O)Nc1ccnn1C1CCCC1. The van der Waals surface area contributed by atoms with E-state index in [9.17, 15) is 19.5 Å². The van der Waals surface area contributed by atoms with Crippen LogP contribution in [-0.4, -0.2) is 36.5 Å². The van der Waals surface area contributed by atoms with Crippen LogP contribution in [0.15, 0.2) is 41.3 Å². The molecule has 1 aliphatic carbocycles. The zero-order valence-electron chi connectivity index (χ0n) is 15.0. The fourth-order valence-corrected chi connectivity index (χ4v) is 3.67. The molecule has 9 nitrogen and oxygen atoms in total. The predicted molar refractivity (Wildman–Crippen MR) is 101 cm³/mol. The van der Waals surface area contributed by atoms with Crippen LogP contribution in [0.3, 0.4) is 0 Å². The second-order valence-corrected chi connectivity index (χ2v) is 6.81. The molecule has 1 saturated carbocycles. The van der Waals surface area contributed by atoms with Gasteiger partial charge in [-0.1, -0.05) is 31.0 Å². The fourth-order valence-electron chi connectivity index (χ4n) is 3.67. The lowest BCUT2D eigenvalue weighted by Gasteiger charge is -2.15. The Kier molecular flexibility index (Phi) is 4.64. The van der Waals surface area contributed by atoms with Crippen LogP contribution in [-0.2, 0) is 11.3 Å². The van der Waals surface area contributed by atoms with Gasteiger partial charge in [0.15, 0.2) is 5.69 Å². The number of nitrogens with zero attached hydrogens (tertiary/aromatic N) is 4. The van der Waals surface area contributed by atoms with Crippen molar-refractivity contribution in [3.63, 3.8) is 0 Å². The first-order valence-corrected chi connectivity index (χ1v) is 9.11. The Morgan fingerprint density at radius 3 is 2.57 bits per heavy atom. The molecule has 0 atom stereocenters. The first-order chi connectivity index (χ1) is 13.5. The van der Waals surface area contributed by atoms with E-state index in [0.717, 1.165) is 30.4 Å². The van der Waals surface area contributed by atoms with E-state index >= 15 is 0 Å². The minimum Gasteiger partial charge on any atom is -0.476 e. The smallest absolute Gasteiger partial charge is 0.357 e. The fraction of sp³-hybridized carbons (Fsp3) is 0.316. The van der Waals surface area contributed by atoms with Gasteiger partial charge in [-0.05, 0) is 18.9 Å². The Bertz CT molecular complexity index is 1110. The van der Waals surface area contributed by atoms with Crippen LogP contribution in [0, 0.1) is 0 Å². The molecule has 0 radical (unpaired) electrons. The highest BCUT2D eigenvalue weighted by molar-refractivity contribution is 6.01. The number of amides is 1. The van der Waals surface area contributed by atoms with Crippen molar-refractivity contribution < 1.29 is 14.7 Å². The maximum absolute atomic E-state index is 12.6. The average Bonchev–Trinajstić information content (AvgIpc) is 3.35. The number of hydrogen-bond donors (Lipinski definition) is 2. The molecule has 3 aromatic rings. The summed E-state index contributed by atoms with van der Waals surface area (Å²) < 4.78 is 2.68. The highest BCUT2D eigenvalue weighted by atomic mass is 16.4. The van der Waals surface area contributed by atoms with Crippen molar-refractivity contribution in [2.24, 2.45) is 0 Å². The molecule has 0 aliphatic heterocycles. The van der Waals surface area contributed by atoms with Crippen LogP contribution in [0.2, 0.25) is 0 Å². The number of benzene rings is 1. The van der Waals surface area contributed by atoms with E-state index in [0.29, 0.717) is 5.82 Å². The highest BCUT2D eigenvalue weighted by Crippen LogP contribution is 2.31. The van der Waals surface area contributed by atoms with E-state index in [1.807, 2.05) is 0 Å². The van der Waals surface area contributed by atoms with Crippen LogP contribution in [0.5, 0.6) is 0 Å². The van der Waals surface area contributed by atoms with Gasteiger partial charge in [0.2, 0.25) is 5.91 Å². The lowest BCUT2D eigenvalue weighted by molar-refractivity contribution is -0.117. The van der Waals surface area contributed by atoms with E-state index in [1.165, 1.54) is 12.1 Å². The zero-order valence-corrected chi connectivity index (χ0v) is 15.0. The number of fused-ring (bicyclic) bond motifs is 1. The number of anilines is 1. The summed E-state index contributed by atoms with van der Waals surface area (Å²) in [5.41, 5.74) is -0.779. The molecule has 1 fully saturated rings. The standard InChI is InChI=1S/C19H19N5O4/c25-16(21-15-9-10-20-24(15)12-5-1-2-6-12)11-23-18(26)14-8-4-3-7-13(14)17(22-23)19(27)28/h3-4,7-10,12H,1-2,5-6,11H2,(H,21,25)(H,27,28). The number of aromatic carboxylic acids is 1. The Labute approximate surface area is 159 Å². The molecule has 1 aromatic carbocycles. The molecule has 28 heavy (non-hydrogen) atoms. The lowest BCUT2D eigenvalue weighted by Crippen LogP contribution is -2.32. The summed E-state index contributed by atoms with van der Waals surface area (Å²) in [6.07, 6.45) is 5.91. The minimum absolute atomic E-state index is 0.207. The van der Waals surface area contributed by atoms with Gasteiger partial charge in [-0.15, -0.1) is 0 Å². The van der Waals surface area contributed by atoms with Crippen molar-refractivity contribution in [3.8, 4) is 0 Å². The number of carboxylic acids is 1. The second kappa shape index (κ2) is 7.26. The van der Waals surface area contributed by atoms with E-state index in [4.69, 9.17) is 0 Å². The van der Waals surface area contributed by atoms with Crippen LogP contribution >= 0.6 is 0 Å². The molecule has 4 rings (SSSR count). The van der Waals surface area contributed by atoms with Crippen molar-refractivity contribution in [2.75, 3.05) is 5.32 Å². The molecule has 9 heteroatoms. The Morgan fingerprint density at radius 2 is 1.86 bits per heavy atom. The van der Waals surface area contributed by atoms with Crippen LogP contribution < -0.4 is 10.9 Å². The molecule has 0 bridgehead atoms. The molecule has 2 heterocycles. The molecule has 144 valence electrons. The molecule has 0 spiro atoms. The minimum atomic E-state index is -1.26. The van der Waals surface area contributed by atoms with Crippen LogP contribution in [0.25, 0.3) is 10.8 Å². The number of carbonyl (C=O) groups excluding carboxylic acids is 1. The van der Waals surface area contributed by atoms with E-state index in [2.05, 4.69) is 15.5 Å². The average molecular weight is 381 g/mol. The molecule has 0 unspecified atom stereocenters. The van der Waals surface area contributed by atoms with Crippen molar-refractivity contribution in [2.45, 2.75) is 38.3 Å². The van der Waals surface area contributed by atoms with E-state index in [-0.39, 0.29) is 29.1 Å². The van der Waals surface area contributed by atoms with Gasteiger partial charge in [0.05, 0.1) is 17.6 Å². The first-order valence-electron chi connectivity index (χ1n) is 9.11. The zero-order chi connectivity index (χ0) is 19.7. The third-order valence-electron chi connectivity index (χ3n) is 4.97. The molecule has 2 aromatic heterocycles. The van der Waals surface area contributed by atoms with Crippen molar-refractivity contribution in [1.29, 1.82) is 0 Å². The summed E-state index contributed by atoms with van der Waals surface area (Å²) >= 11 is 0. The normalized spacial score (nSPS) is 14.4. The van der Waals surface area contributed by atoms with Crippen molar-refractivity contribution in [3.05, 3.63) is 52.6 Å². The Morgan fingerprint density at radius 1 is 1.14 bits per heavy atom.